The molecule has 0 saturated carbocycles. The molecule has 6 heteroatoms. The zero-order chi connectivity index (χ0) is 17.8. The fraction of sp³-hybridized carbons (Fsp3) is 0.158. The third kappa shape index (κ3) is 4.09. The molecule has 0 saturated heterocycles. The Balaban J connectivity index is 1.85. The largest absolute Gasteiger partial charge is 0.431 e. The average Bonchev–Trinajstić information content (AvgIpc) is 3.09. The molecule has 0 aliphatic heterocycles. The number of likely N-dealkylation sites (N-methyl/N-ethyl adjacent to an activating group) is 1. The van der Waals surface area contributed by atoms with Crippen LogP contribution in [0.15, 0.2) is 70.4 Å². The van der Waals surface area contributed by atoms with Gasteiger partial charge < -0.3 is 9.32 Å². The number of thioether (sulfide) groups is 1. The molecule has 4 nitrogen and oxygen atoms in total. The van der Waals surface area contributed by atoms with Crippen molar-refractivity contribution in [1.82, 2.24) is 9.88 Å². The first kappa shape index (κ1) is 17.2. The van der Waals surface area contributed by atoms with Crippen LogP contribution in [0.3, 0.4) is 0 Å². The number of halogens is 1. The van der Waals surface area contributed by atoms with Gasteiger partial charge in [0.15, 0.2) is 5.76 Å². The molecule has 0 N–H and O–H groups in total. The normalized spacial score (nSPS) is 12.0. The van der Waals surface area contributed by atoms with Crippen LogP contribution in [0.5, 0.6) is 0 Å². The summed E-state index contributed by atoms with van der Waals surface area (Å²) in [6.45, 7) is 0. The van der Waals surface area contributed by atoms with Gasteiger partial charge in [0.25, 0.3) is 5.22 Å². The molecule has 0 bridgehead atoms. The van der Waals surface area contributed by atoms with Crippen molar-refractivity contribution in [1.29, 1.82) is 0 Å². The van der Waals surface area contributed by atoms with E-state index in [0.29, 0.717) is 11.0 Å². The van der Waals surface area contributed by atoms with Crippen LogP contribution < -0.4 is 0 Å². The molecular formula is C19H17FN2O2S. The number of hydrogen-bond donors (Lipinski definition) is 0. The first-order valence-electron chi connectivity index (χ1n) is 7.69. The van der Waals surface area contributed by atoms with Crippen LogP contribution in [0.25, 0.3) is 11.3 Å². The standard InChI is InChI=1S/C19H17FN2O2S/c1-22(2)18(23)17(14-6-4-3-5-7-14)25-19-21-12-16(24-19)13-8-10-15(20)11-9-13/h3-12,17H,1-2H3/t17-/m1/s1. The summed E-state index contributed by atoms with van der Waals surface area (Å²) >= 11 is 1.25. The van der Waals surface area contributed by atoms with Crippen molar-refractivity contribution in [2.24, 2.45) is 0 Å². The second kappa shape index (κ2) is 7.53. The highest BCUT2D eigenvalue weighted by atomic mass is 32.2. The topological polar surface area (TPSA) is 46.3 Å². The van der Waals surface area contributed by atoms with E-state index in [-0.39, 0.29) is 11.7 Å². The Morgan fingerprint density at radius 2 is 1.80 bits per heavy atom. The van der Waals surface area contributed by atoms with Crippen molar-refractivity contribution in [3.8, 4) is 11.3 Å². The zero-order valence-electron chi connectivity index (χ0n) is 13.8. The summed E-state index contributed by atoms with van der Waals surface area (Å²) < 4.78 is 18.8. The minimum atomic E-state index is -0.448. The lowest BCUT2D eigenvalue weighted by Gasteiger charge is -2.19. The zero-order valence-corrected chi connectivity index (χ0v) is 14.7. The predicted molar refractivity (Wildman–Crippen MR) is 95.6 cm³/mol. The summed E-state index contributed by atoms with van der Waals surface area (Å²) in [4.78, 5) is 18.4. The Morgan fingerprint density at radius 1 is 1.12 bits per heavy atom. The summed E-state index contributed by atoms with van der Waals surface area (Å²) in [6, 6.07) is 15.5. The third-order valence-corrected chi connectivity index (χ3v) is 4.70. The van der Waals surface area contributed by atoms with Crippen LogP contribution in [0.2, 0.25) is 0 Å². The van der Waals surface area contributed by atoms with E-state index < -0.39 is 5.25 Å². The molecule has 3 rings (SSSR count). The summed E-state index contributed by atoms with van der Waals surface area (Å²) in [7, 11) is 3.44. The highest BCUT2D eigenvalue weighted by Gasteiger charge is 2.25. The molecule has 0 fully saturated rings. The van der Waals surface area contributed by atoms with Gasteiger partial charge in [0.05, 0.1) is 6.20 Å². The van der Waals surface area contributed by atoms with Crippen LogP contribution in [0.1, 0.15) is 10.8 Å². The summed E-state index contributed by atoms with van der Waals surface area (Å²) in [5.74, 6) is 0.183. The lowest BCUT2D eigenvalue weighted by Crippen LogP contribution is -2.26. The van der Waals surface area contributed by atoms with Crippen molar-refractivity contribution >= 4 is 17.7 Å². The molecule has 0 aliphatic carbocycles. The van der Waals surface area contributed by atoms with Crippen molar-refractivity contribution < 1.29 is 13.6 Å². The van der Waals surface area contributed by atoms with Gasteiger partial charge in [0, 0.05) is 19.7 Å². The van der Waals surface area contributed by atoms with Crippen molar-refractivity contribution in [3.05, 3.63) is 72.2 Å². The number of oxazole rings is 1. The van der Waals surface area contributed by atoms with Gasteiger partial charge in [-0.3, -0.25) is 4.79 Å². The van der Waals surface area contributed by atoms with Crippen molar-refractivity contribution in [2.75, 3.05) is 14.1 Å². The molecule has 1 aromatic heterocycles. The van der Waals surface area contributed by atoms with Crippen LogP contribution in [0, 0.1) is 5.82 Å². The Morgan fingerprint density at radius 3 is 2.44 bits per heavy atom. The first-order valence-corrected chi connectivity index (χ1v) is 8.57. The van der Waals surface area contributed by atoms with Gasteiger partial charge in [-0.15, -0.1) is 0 Å². The summed E-state index contributed by atoms with van der Waals surface area (Å²) in [5, 5.41) is -0.0562. The van der Waals surface area contributed by atoms with Gasteiger partial charge >= 0.3 is 0 Å². The van der Waals surface area contributed by atoms with Crippen LogP contribution in [0.4, 0.5) is 4.39 Å². The van der Waals surface area contributed by atoms with Crippen molar-refractivity contribution in [2.45, 2.75) is 10.5 Å². The lowest BCUT2D eigenvalue weighted by molar-refractivity contribution is -0.128. The second-order valence-corrected chi connectivity index (χ2v) is 6.69. The molecule has 3 aromatic rings. The number of carbonyl (C=O) groups excluding carboxylic acids is 1. The van der Waals surface area contributed by atoms with E-state index in [0.717, 1.165) is 11.1 Å². The lowest BCUT2D eigenvalue weighted by atomic mass is 10.1. The molecular weight excluding hydrogens is 339 g/mol. The highest BCUT2D eigenvalue weighted by Crippen LogP contribution is 2.37. The number of aromatic nitrogens is 1. The first-order chi connectivity index (χ1) is 12.0. The Hall–Kier alpha value is -2.60. The fourth-order valence-corrected chi connectivity index (χ4v) is 3.34. The number of benzene rings is 2. The van der Waals surface area contributed by atoms with E-state index >= 15 is 0 Å². The van der Waals surface area contributed by atoms with Gasteiger partial charge in [-0.25, -0.2) is 9.37 Å². The van der Waals surface area contributed by atoms with Gasteiger partial charge in [0.2, 0.25) is 5.91 Å². The average molecular weight is 356 g/mol. The van der Waals surface area contributed by atoms with E-state index in [2.05, 4.69) is 4.98 Å². The molecule has 0 aliphatic rings. The molecule has 128 valence electrons. The van der Waals surface area contributed by atoms with Crippen LogP contribution >= 0.6 is 11.8 Å². The Bertz CT molecular complexity index is 847. The third-order valence-electron chi connectivity index (χ3n) is 3.60. The molecule has 25 heavy (non-hydrogen) atoms. The van der Waals surface area contributed by atoms with Gasteiger partial charge in [-0.1, -0.05) is 30.3 Å². The van der Waals surface area contributed by atoms with E-state index in [1.165, 1.54) is 23.9 Å². The number of hydrogen-bond acceptors (Lipinski definition) is 4. The minimum Gasteiger partial charge on any atom is -0.431 e. The molecule has 1 amide bonds. The van der Waals surface area contributed by atoms with Gasteiger partial charge in [0.1, 0.15) is 11.1 Å². The molecule has 1 heterocycles. The van der Waals surface area contributed by atoms with Gasteiger partial charge in [-0.05, 0) is 41.6 Å². The SMILES string of the molecule is CN(C)C(=O)[C@H](Sc1ncc(-c2ccc(F)cc2)o1)c1ccccc1. The summed E-state index contributed by atoms with van der Waals surface area (Å²) in [5.41, 5.74) is 1.61. The maximum atomic E-state index is 13.0. The highest BCUT2D eigenvalue weighted by molar-refractivity contribution is 8.00. The number of nitrogens with zero attached hydrogens (tertiary/aromatic N) is 2. The molecule has 1 atom stereocenters. The fourth-order valence-electron chi connectivity index (χ4n) is 2.28. The Labute approximate surface area is 149 Å². The van der Waals surface area contributed by atoms with E-state index in [4.69, 9.17) is 4.42 Å². The Kier molecular flexibility index (Phi) is 5.19. The van der Waals surface area contributed by atoms with E-state index in [9.17, 15) is 9.18 Å². The second-order valence-electron chi connectivity index (χ2n) is 5.64. The number of rotatable bonds is 5. The van der Waals surface area contributed by atoms with E-state index in [1.54, 1.807) is 37.3 Å². The molecule has 0 unspecified atom stereocenters. The van der Waals surface area contributed by atoms with Crippen LogP contribution in [-0.2, 0) is 4.79 Å². The van der Waals surface area contributed by atoms with E-state index in [1.807, 2.05) is 30.3 Å². The maximum Gasteiger partial charge on any atom is 0.257 e. The summed E-state index contributed by atoms with van der Waals surface area (Å²) in [6.07, 6.45) is 1.58. The smallest absolute Gasteiger partial charge is 0.257 e. The minimum absolute atomic E-state index is 0.0438. The number of carbonyl (C=O) groups is 1. The monoisotopic (exact) mass is 356 g/mol. The molecule has 2 aromatic carbocycles. The quantitative estimate of drug-likeness (QED) is 0.636. The number of amides is 1. The predicted octanol–water partition coefficient (Wildman–Crippen LogP) is 4.40. The van der Waals surface area contributed by atoms with Crippen LogP contribution in [-0.4, -0.2) is 29.9 Å². The molecule has 0 radical (unpaired) electrons. The maximum absolute atomic E-state index is 13.0. The van der Waals surface area contributed by atoms with Gasteiger partial charge in [-0.2, -0.15) is 0 Å². The molecule has 0 spiro atoms. The van der Waals surface area contributed by atoms with Crippen molar-refractivity contribution in [3.63, 3.8) is 0 Å².